The van der Waals surface area contributed by atoms with Gasteiger partial charge in [-0.3, -0.25) is 4.79 Å². The third-order valence-electron chi connectivity index (χ3n) is 4.75. The Bertz CT molecular complexity index is 910. The normalized spacial score (nSPS) is 16.8. The lowest BCUT2D eigenvalue weighted by atomic mass is 10.1. The third kappa shape index (κ3) is 5.56. The summed E-state index contributed by atoms with van der Waals surface area (Å²) in [6.45, 7) is 5.64. The number of rotatable bonds is 7. The third-order valence-corrected chi connectivity index (χ3v) is 6.31. The molecule has 0 spiro atoms. The van der Waals surface area contributed by atoms with Crippen LogP contribution in [0.25, 0.3) is 0 Å². The molecule has 0 aromatic heterocycles. The van der Waals surface area contributed by atoms with Gasteiger partial charge in [-0.1, -0.05) is 30.3 Å². The number of hydrogen-bond donors (Lipinski definition) is 1. The second kappa shape index (κ2) is 9.39. The molecule has 2 aromatic carbocycles. The molecule has 0 bridgehead atoms. The SMILES string of the molecule is C[C@H](Oc1ccc(S(=O)(=O)N[C@@H](C)c2ccccc2)cc1)C(=O)N1CCOCC1. The highest BCUT2D eigenvalue weighted by Gasteiger charge is 2.24. The molecule has 29 heavy (non-hydrogen) atoms. The van der Waals surface area contributed by atoms with E-state index in [0.717, 1.165) is 5.56 Å². The number of nitrogens with zero attached hydrogens (tertiary/aromatic N) is 1. The molecule has 1 aliphatic heterocycles. The summed E-state index contributed by atoms with van der Waals surface area (Å²) in [5.41, 5.74) is 0.881. The van der Waals surface area contributed by atoms with Crippen molar-refractivity contribution in [2.45, 2.75) is 30.9 Å². The Morgan fingerprint density at radius 2 is 1.66 bits per heavy atom. The van der Waals surface area contributed by atoms with Crippen LogP contribution in [0.5, 0.6) is 5.75 Å². The quantitative estimate of drug-likeness (QED) is 0.746. The van der Waals surface area contributed by atoms with Gasteiger partial charge >= 0.3 is 0 Å². The molecule has 1 saturated heterocycles. The zero-order valence-corrected chi connectivity index (χ0v) is 17.4. The Morgan fingerprint density at radius 3 is 2.28 bits per heavy atom. The lowest BCUT2D eigenvalue weighted by Gasteiger charge is -2.29. The maximum atomic E-state index is 12.6. The molecule has 156 valence electrons. The average molecular weight is 419 g/mol. The Hall–Kier alpha value is -2.42. The van der Waals surface area contributed by atoms with Crippen molar-refractivity contribution in [2.24, 2.45) is 0 Å². The summed E-state index contributed by atoms with van der Waals surface area (Å²) in [6.07, 6.45) is -0.660. The van der Waals surface area contributed by atoms with Crippen molar-refractivity contribution >= 4 is 15.9 Å². The highest BCUT2D eigenvalue weighted by Crippen LogP contribution is 2.20. The highest BCUT2D eigenvalue weighted by atomic mass is 32.2. The molecular formula is C21H26N2O5S. The minimum atomic E-state index is -3.68. The molecule has 1 amide bonds. The fraction of sp³-hybridized carbons (Fsp3) is 0.381. The second-order valence-corrected chi connectivity index (χ2v) is 8.64. The average Bonchev–Trinajstić information content (AvgIpc) is 2.74. The van der Waals surface area contributed by atoms with Crippen molar-refractivity contribution in [3.05, 3.63) is 60.2 Å². The predicted molar refractivity (Wildman–Crippen MR) is 109 cm³/mol. The number of nitrogens with one attached hydrogen (secondary N) is 1. The molecule has 1 heterocycles. The molecule has 0 unspecified atom stereocenters. The molecule has 2 aromatic rings. The summed E-state index contributed by atoms with van der Waals surface area (Å²) in [5.74, 6) is 0.331. The van der Waals surface area contributed by atoms with Crippen LogP contribution in [0, 0.1) is 0 Å². The fourth-order valence-corrected chi connectivity index (χ4v) is 4.34. The molecule has 1 aliphatic rings. The molecule has 0 radical (unpaired) electrons. The van der Waals surface area contributed by atoms with Gasteiger partial charge in [0.1, 0.15) is 5.75 Å². The lowest BCUT2D eigenvalue weighted by Crippen LogP contribution is -2.46. The fourth-order valence-electron chi connectivity index (χ4n) is 3.10. The van der Waals surface area contributed by atoms with E-state index in [1.54, 1.807) is 30.9 Å². The monoisotopic (exact) mass is 418 g/mol. The lowest BCUT2D eigenvalue weighted by molar-refractivity contribution is -0.142. The molecule has 1 N–H and O–H groups in total. The number of carbonyl (C=O) groups is 1. The smallest absolute Gasteiger partial charge is 0.263 e. The van der Waals surface area contributed by atoms with Gasteiger partial charge in [-0.25, -0.2) is 13.1 Å². The number of benzene rings is 2. The van der Waals surface area contributed by atoms with Crippen LogP contribution in [0.3, 0.4) is 0 Å². The summed E-state index contributed by atoms with van der Waals surface area (Å²) in [4.78, 5) is 14.3. The zero-order chi connectivity index (χ0) is 20.9. The van der Waals surface area contributed by atoms with Crippen molar-refractivity contribution in [3.8, 4) is 5.75 Å². The molecular weight excluding hydrogens is 392 g/mol. The summed E-state index contributed by atoms with van der Waals surface area (Å²) in [5, 5.41) is 0. The van der Waals surface area contributed by atoms with E-state index in [1.165, 1.54) is 12.1 Å². The molecule has 7 nitrogen and oxygen atoms in total. The van der Waals surface area contributed by atoms with Gasteiger partial charge < -0.3 is 14.4 Å². The number of morpholine rings is 1. The summed E-state index contributed by atoms with van der Waals surface area (Å²) in [7, 11) is -3.68. The first-order valence-corrected chi connectivity index (χ1v) is 11.1. The summed E-state index contributed by atoms with van der Waals surface area (Å²) >= 11 is 0. The van der Waals surface area contributed by atoms with Crippen LogP contribution < -0.4 is 9.46 Å². The number of amides is 1. The first-order chi connectivity index (χ1) is 13.9. The molecule has 1 fully saturated rings. The predicted octanol–water partition coefficient (Wildman–Crippen LogP) is 2.35. The number of carbonyl (C=O) groups excluding carboxylic acids is 1. The van der Waals surface area contributed by atoms with Crippen molar-refractivity contribution < 1.29 is 22.7 Å². The van der Waals surface area contributed by atoms with Crippen LogP contribution in [0.1, 0.15) is 25.5 Å². The van der Waals surface area contributed by atoms with Crippen molar-refractivity contribution in [2.75, 3.05) is 26.3 Å². The standard InChI is InChI=1S/C21H26N2O5S/c1-16(18-6-4-3-5-7-18)22-29(25,26)20-10-8-19(9-11-20)28-17(2)21(24)23-12-14-27-15-13-23/h3-11,16-17,22H,12-15H2,1-2H3/t16-,17-/m0/s1. The van der Waals surface area contributed by atoms with Gasteiger partial charge in [0.15, 0.2) is 6.10 Å². The van der Waals surface area contributed by atoms with Gasteiger partial charge in [0, 0.05) is 19.1 Å². The highest BCUT2D eigenvalue weighted by molar-refractivity contribution is 7.89. The number of hydrogen-bond acceptors (Lipinski definition) is 5. The van der Waals surface area contributed by atoms with Crippen LogP contribution in [-0.4, -0.2) is 51.6 Å². The zero-order valence-electron chi connectivity index (χ0n) is 16.6. The van der Waals surface area contributed by atoms with E-state index in [4.69, 9.17) is 9.47 Å². The maximum absolute atomic E-state index is 12.6. The van der Waals surface area contributed by atoms with Crippen molar-refractivity contribution in [1.82, 2.24) is 9.62 Å². The van der Waals surface area contributed by atoms with E-state index >= 15 is 0 Å². The molecule has 2 atom stereocenters. The van der Waals surface area contributed by atoms with E-state index in [-0.39, 0.29) is 16.8 Å². The van der Waals surface area contributed by atoms with Crippen LogP contribution in [0.2, 0.25) is 0 Å². The second-order valence-electron chi connectivity index (χ2n) is 6.92. The van der Waals surface area contributed by atoms with Crippen LogP contribution in [0.4, 0.5) is 0 Å². The topological polar surface area (TPSA) is 84.9 Å². The van der Waals surface area contributed by atoms with E-state index in [9.17, 15) is 13.2 Å². The van der Waals surface area contributed by atoms with Crippen molar-refractivity contribution in [1.29, 1.82) is 0 Å². The van der Waals surface area contributed by atoms with Gasteiger partial charge in [0.05, 0.1) is 18.1 Å². The number of ether oxygens (including phenoxy) is 2. The van der Waals surface area contributed by atoms with E-state index in [1.807, 2.05) is 30.3 Å². The van der Waals surface area contributed by atoms with E-state index < -0.39 is 16.1 Å². The largest absolute Gasteiger partial charge is 0.481 e. The van der Waals surface area contributed by atoms with E-state index in [2.05, 4.69) is 4.72 Å². The Balaban J connectivity index is 1.62. The summed E-state index contributed by atoms with van der Waals surface area (Å²) < 4.78 is 38.9. The van der Waals surface area contributed by atoms with Gasteiger partial charge in [0.25, 0.3) is 5.91 Å². The van der Waals surface area contributed by atoms with Gasteiger partial charge in [-0.2, -0.15) is 0 Å². The molecule has 8 heteroatoms. The minimum absolute atomic E-state index is 0.108. The minimum Gasteiger partial charge on any atom is -0.481 e. The maximum Gasteiger partial charge on any atom is 0.263 e. The Morgan fingerprint density at radius 1 is 1.03 bits per heavy atom. The first-order valence-electron chi connectivity index (χ1n) is 9.57. The molecule has 0 aliphatic carbocycles. The van der Waals surface area contributed by atoms with Crippen LogP contribution in [0.15, 0.2) is 59.5 Å². The molecule has 3 rings (SSSR count). The van der Waals surface area contributed by atoms with E-state index in [0.29, 0.717) is 32.1 Å². The Labute approximate surface area is 171 Å². The van der Waals surface area contributed by atoms with Crippen LogP contribution >= 0.6 is 0 Å². The Kier molecular flexibility index (Phi) is 6.89. The van der Waals surface area contributed by atoms with Gasteiger partial charge in [0.2, 0.25) is 10.0 Å². The molecule has 0 saturated carbocycles. The van der Waals surface area contributed by atoms with Gasteiger partial charge in [-0.05, 0) is 43.7 Å². The first kappa shape index (κ1) is 21.3. The summed E-state index contributed by atoms with van der Waals surface area (Å²) in [6, 6.07) is 15.1. The van der Waals surface area contributed by atoms with Crippen LogP contribution in [-0.2, 0) is 19.6 Å². The van der Waals surface area contributed by atoms with Gasteiger partial charge in [-0.15, -0.1) is 0 Å². The van der Waals surface area contributed by atoms with Crippen molar-refractivity contribution in [3.63, 3.8) is 0 Å². The number of sulfonamides is 1.